The molecule has 8 bridgehead atoms. The number of nitrogens with zero attached hydrogens (tertiary/aromatic N) is 4. The molecule has 6 heteroatoms. The van der Waals surface area contributed by atoms with E-state index in [2.05, 4.69) is 214 Å². The number of H-pyrrole nitrogens is 2. The molecule has 0 aliphatic carbocycles. The van der Waals surface area contributed by atoms with Crippen molar-refractivity contribution in [3.05, 3.63) is 214 Å². The Bertz CT molecular complexity index is 3470. The highest BCUT2D eigenvalue weighted by Gasteiger charge is 2.22. The third kappa shape index (κ3) is 9.46. The highest BCUT2D eigenvalue weighted by Crippen LogP contribution is 2.45. The Hall–Kier alpha value is -7.96. The lowest BCUT2D eigenvalue weighted by molar-refractivity contribution is 0.590. The van der Waals surface area contributed by atoms with Gasteiger partial charge in [-0.05, 0) is 161 Å². The van der Waals surface area contributed by atoms with Gasteiger partial charge in [0.1, 0.15) is 23.3 Å². The Labute approximate surface area is 435 Å². The maximum atomic E-state index is 5.31. The summed E-state index contributed by atoms with van der Waals surface area (Å²) in [5, 5.41) is 7.18. The molecule has 0 saturated carbocycles. The minimum Gasteiger partial charge on any atom is -0.324 e. The molecule has 0 saturated heterocycles. The van der Waals surface area contributed by atoms with Crippen molar-refractivity contribution in [3.63, 3.8) is 0 Å². The number of aromatic nitrogens is 2. The van der Waals surface area contributed by atoms with Crippen molar-refractivity contribution in [1.82, 2.24) is 9.97 Å². The summed E-state index contributed by atoms with van der Waals surface area (Å²) < 4.78 is 0. The van der Waals surface area contributed by atoms with Crippen LogP contribution in [0.4, 0.5) is 23.3 Å². The van der Waals surface area contributed by atoms with Crippen LogP contribution in [-0.2, 0) is 21.7 Å². The first-order valence-corrected chi connectivity index (χ1v) is 26.0. The number of fused-ring (bicyclic) bond motifs is 2. The Kier molecular flexibility index (Phi) is 11.7. The third-order valence-electron chi connectivity index (χ3n) is 14.7. The van der Waals surface area contributed by atoms with Gasteiger partial charge in [0.05, 0.1) is 21.4 Å². The third-order valence-corrected chi connectivity index (χ3v) is 14.7. The zero-order chi connectivity index (χ0) is 51.9. The van der Waals surface area contributed by atoms with Crippen molar-refractivity contribution < 1.29 is 0 Å². The summed E-state index contributed by atoms with van der Waals surface area (Å²) in [6.07, 6.45) is 0. The topological polar surface area (TPSA) is 81.0 Å². The molecule has 2 aromatic heterocycles. The molecule has 4 aliphatic heterocycles. The zero-order valence-electron chi connectivity index (χ0n) is 45.0. The highest BCUT2D eigenvalue weighted by atomic mass is 15.0. The Morgan fingerprint density at radius 3 is 0.581 bits per heavy atom. The summed E-state index contributed by atoms with van der Waals surface area (Å²) in [5.74, 6) is 2.96. The molecule has 14 rings (SSSR count). The highest BCUT2D eigenvalue weighted by molar-refractivity contribution is 6.07. The predicted octanol–water partition coefficient (Wildman–Crippen LogP) is 16.6. The number of rotatable bonds is 4. The van der Waals surface area contributed by atoms with Gasteiger partial charge in [0.15, 0.2) is 0 Å². The summed E-state index contributed by atoms with van der Waals surface area (Å²) in [6.45, 7) is 27.1. The van der Waals surface area contributed by atoms with Crippen molar-refractivity contribution in [1.29, 1.82) is 0 Å². The first-order valence-electron chi connectivity index (χ1n) is 26.0. The lowest BCUT2D eigenvalue weighted by Gasteiger charge is -2.21. The van der Waals surface area contributed by atoms with Crippen LogP contribution in [0, 0.1) is 0 Å². The largest absolute Gasteiger partial charge is 0.324 e. The maximum Gasteiger partial charge on any atom is 0.140 e. The van der Waals surface area contributed by atoms with E-state index in [0.717, 1.165) is 111 Å². The number of aromatic amines is 2. The van der Waals surface area contributed by atoms with E-state index in [9.17, 15) is 0 Å². The van der Waals surface area contributed by atoms with Crippen LogP contribution in [0.2, 0.25) is 0 Å². The van der Waals surface area contributed by atoms with Gasteiger partial charge in [-0.25, -0.2) is 20.0 Å². The van der Waals surface area contributed by atoms with Crippen molar-refractivity contribution in [2.75, 3.05) is 0 Å². The normalized spacial score (nSPS) is 13.0. The van der Waals surface area contributed by atoms with Crippen LogP contribution < -0.4 is 21.4 Å². The quantitative estimate of drug-likeness (QED) is 0.176. The number of hydrogen-bond acceptors (Lipinski definition) is 4. The minimum absolute atomic E-state index is 0.0366. The fraction of sp³-hybridized carbons (Fsp3) is 0.235. The molecule has 0 amide bonds. The van der Waals surface area contributed by atoms with Gasteiger partial charge in [-0.3, -0.25) is 0 Å². The molecule has 8 aromatic carbocycles. The maximum absolute atomic E-state index is 5.31. The molecule has 6 heterocycles. The lowest BCUT2D eigenvalue weighted by atomic mass is 9.84. The van der Waals surface area contributed by atoms with Crippen molar-refractivity contribution >= 4 is 44.8 Å². The molecule has 10 aromatic rings. The van der Waals surface area contributed by atoms with Crippen molar-refractivity contribution in [3.8, 4) is 44.5 Å². The smallest absolute Gasteiger partial charge is 0.140 e. The zero-order valence-corrected chi connectivity index (χ0v) is 45.0. The Morgan fingerprint density at radius 1 is 0.243 bits per heavy atom. The van der Waals surface area contributed by atoms with Gasteiger partial charge in [-0.2, -0.15) is 0 Å². The van der Waals surface area contributed by atoms with E-state index in [4.69, 9.17) is 20.0 Å². The van der Waals surface area contributed by atoms with Crippen LogP contribution in [0.1, 0.15) is 105 Å². The first kappa shape index (κ1) is 48.3. The Morgan fingerprint density at radius 2 is 0.419 bits per heavy atom. The van der Waals surface area contributed by atoms with E-state index < -0.39 is 0 Å². The summed E-state index contributed by atoms with van der Waals surface area (Å²) in [4.78, 5) is 28.6. The van der Waals surface area contributed by atoms with E-state index in [0.29, 0.717) is 0 Å². The molecule has 0 unspecified atom stereocenters. The van der Waals surface area contributed by atoms with Crippen LogP contribution in [-0.4, -0.2) is 9.97 Å². The lowest BCUT2D eigenvalue weighted by Crippen LogP contribution is -2.10. The van der Waals surface area contributed by atoms with Gasteiger partial charge < -0.3 is 9.97 Å². The Balaban J connectivity index is 1.12. The molecule has 0 spiro atoms. The van der Waals surface area contributed by atoms with Gasteiger partial charge in [0.25, 0.3) is 0 Å². The SMILES string of the molecule is CC(C)(C)c1ccc(-c2cc3c4[nH]c(c3cc2-c2ccc(C(C)(C)C)cc2)N=c2ccc(cc2)=Nc2[nH]c(c3cc(-c5ccc(C(C)(C)C)cc5)c(-c5ccc(C(C)(C)C)cc5)cc23)N=c2ccc(cc2)=N4)cc1. The molecule has 0 radical (unpaired) electrons. The summed E-state index contributed by atoms with van der Waals surface area (Å²) in [5.41, 5.74) is 14.5. The monoisotopic (exact) mass is 967 g/mol. The number of hydrogen-bond donors (Lipinski definition) is 2. The van der Waals surface area contributed by atoms with Crippen molar-refractivity contribution in [2.24, 2.45) is 20.0 Å². The van der Waals surface area contributed by atoms with Gasteiger partial charge in [-0.1, -0.05) is 180 Å². The van der Waals surface area contributed by atoms with Crippen LogP contribution in [0.15, 0.2) is 190 Å². The first-order chi connectivity index (χ1) is 35.1. The van der Waals surface area contributed by atoms with E-state index in [1.165, 1.54) is 22.3 Å². The molecule has 74 heavy (non-hydrogen) atoms. The second-order valence-electron chi connectivity index (χ2n) is 24.3. The molecular formula is C68H66N6. The van der Waals surface area contributed by atoms with E-state index in [1.807, 2.05) is 48.5 Å². The molecule has 6 nitrogen and oxygen atoms in total. The molecule has 368 valence electrons. The van der Waals surface area contributed by atoms with Gasteiger partial charge in [0, 0.05) is 21.5 Å². The minimum atomic E-state index is 0.0366. The molecule has 2 N–H and O–H groups in total. The average Bonchev–Trinajstić information content (AvgIpc) is 3.87. The second kappa shape index (κ2) is 17.9. The molecular weight excluding hydrogens is 901 g/mol. The van der Waals surface area contributed by atoms with Crippen molar-refractivity contribution in [2.45, 2.75) is 105 Å². The van der Waals surface area contributed by atoms with Crippen LogP contribution >= 0.6 is 0 Å². The molecule has 0 atom stereocenters. The molecule has 0 fully saturated rings. The van der Waals surface area contributed by atoms with Crippen LogP contribution in [0.3, 0.4) is 0 Å². The molecule has 4 aliphatic rings. The number of nitrogens with one attached hydrogen (secondary N) is 2. The van der Waals surface area contributed by atoms with Crippen LogP contribution in [0.25, 0.3) is 66.1 Å². The van der Waals surface area contributed by atoms with E-state index in [-0.39, 0.29) is 21.7 Å². The average molecular weight is 967 g/mol. The summed E-state index contributed by atoms with van der Waals surface area (Å²) in [6, 6.07) is 61.7. The standard InChI is InChI=1S/C68H66N6/c1-65(2,3)45-21-13-41(14-22-45)53-37-57-58(38-54(53)42-15-23-46(24-16-42)66(4,5)6)62-70-50-33-35-52(36-34-50)72-64-60-40-56(44-19-27-48(28-20-44)68(10,11)12)55(43-17-25-47(26-18-43)67(7,8)9)39-59(60)63(74-64)71-51-31-29-49(30-32-51)69-61(57)73-62/h13-40H,1-12H3,(H,69,70,73)(H,71,72,74). The predicted molar refractivity (Wildman–Crippen MR) is 309 cm³/mol. The van der Waals surface area contributed by atoms with Gasteiger partial charge in [-0.15, -0.1) is 0 Å². The van der Waals surface area contributed by atoms with E-state index >= 15 is 0 Å². The summed E-state index contributed by atoms with van der Waals surface area (Å²) >= 11 is 0. The van der Waals surface area contributed by atoms with Gasteiger partial charge >= 0.3 is 0 Å². The fourth-order valence-corrected chi connectivity index (χ4v) is 10.1. The summed E-state index contributed by atoms with van der Waals surface area (Å²) in [7, 11) is 0. The number of benzene rings is 8. The van der Waals surface area contributed by atoms with Gasteiger partial charge in [0.2, 0.25) is 0 Å². The fourth-order valence-electron chi connectivity index (χ4n) is 10.1. The van der Waals surface area contributed by atoms with Crippen LogP contribution in [0.5, 0.6) is 0 Å². The van der Waals surface area contributed by atoms with E-state index in [1.54, 1.807) is 0 Å². The second-order valence-corrected chi connectivity index (χ2v) is 24.3.